The summed E-state index contributed by atoms with van der Waals surface area (Å²) in [5, 5.41) is 0. The summed E-state index contributed by atoms with van der Waals surface area (Å²) < 4.78 is 17.0. The van der Waals surface area contributed by atoms with Crippen molar-refractivity contribution >= 4 is 0 Å². The summed E-state index contributed by atoms with van der Waals surface area (Å²) in [6.45, 7) is 3.83. The van der Waals surface area contributed by atoms with Crippen molar-refractivity contribution in [2.24, 2.45) is 17.8 Å². The topological polar surface area (TPSA) is 34.1 Å². The first-order chi connectivity index (χ1) is 8.81. The van der Waals surface area contributed by atoms with Crippen LogP contribution in [-0.2, 0) is 25.7 Å². The Morgan fingerprint density at radius 3 is 1.67 bits per heavy atom. The van der Waals surface area contributed by atoms with Crippen LogP contribution in [-0.4, -0.2) is 0 Å². The van der Waals surface area contributed by atoms with Gasteiger partial charge in [-0.2, -0.15) is 0 Å². The van der Waals surface area contributed by atoms with Crippen molar-refractivity contribution in [1.82, 2.24) is 0 Å². The van der Waals surface area contributed by atoms with Crippen molar-refractivity contribution in [3.05, 3.63) is 61.2 Å². The third kappa shape index (κ3) is 5.11. The Hall–Kier alpha value is -0.986. The van der Waals surface area contributed by atoms with Crippen molar-refractivity contribution in [1.29, 1.82) is 0 Å². The molecule has 94 valence electrons. The van der Waals surface area contributed by atoms with Crippen molar-refractivity contribution in [2.45, 2.75) is 12.8 Å². The minimum absolute atomic E-state index is 0.806. The number of benzene rings is 1. The van der Waals surface area contributed by atoms with Crippen LogP contribution in [0.3, 0.4) is 0 Å². The molecule has 2 aliphatic carbocycles. The van der Waals surface area contributed by atoms with Gasteiger partial charge in [0.2, 0.25) is 0 Å². The first kappa shape index (κ1) is 15.1. The van der Waals surface area contributed by atoms with Crippen LogP contribution in [0.15, 0.2) is 61.2 Å². The molecule has 0 N–H and O–H groups in total. The zero-order valence-corrected chi connectivity index (χ0v) is 11.9. The van der Waals surface area contributed by atoms with Crippen LogP contribution in [0.25, 0.3) is 0 Å². The van der Waals surface area contributed by atoms with E-state index in [0.717, 1.165) is 17.8 Å². The fourth-order valence-corrected chi connectivity index (χ4v) is 2.48. The number of hydrogen-bond donors (Lipinski definition) is 0. The molecule has 1 saturated carbocycles. The minimum atomic E-state index is -2.00. The second kappa shape index (κ2) is 9.01. The Balaban J connectivity index is 0.000000157. The summed E-state index contributed by atoms with van der Waals surface area (Å²) in [4.78, 5) is 0. The van der Waals surface area contributed by atoms with Crippen molar-refractivity contribution in [2.75, 3.05) is 0 Å². The molecule has 1 aromatic carbocycles. The summed E-state index contributed by atoms with van der Waals surface area (Å²) in [7, 11) is 0. The van der Waals surface area contributed by atoms with Crippen molar-refractivity contribution in [3.8, 4) is 0 Å². The third-order valence-corrected chi connectivity index (χ3v) is 3.30. The average Bonchev–Trinajstić information content (AvgIpc) is 3.04. The van der Waals surface area contributed by atoms with Crippen LogP contribution in [0.4, 0.5) is 0 Å². The molecule has 0 aromatic heterocycles. The molecule has 3 rings (SSSR count). The number of fused-ring (bicyclic) bond motifs is 2. The molecule has 3 unspecified atom stereocenters. The van der Waals surface area contributed by atoms with E-state index in [4.69, 9.17) is 6.65 Å². The number of rotatable bonds is 1. The Morgan fingerprint density at radius 2 is 1.44 bits per heavy atom. The van der Waals surface area contributed by atoms with Gasteiger partial charge in [0, 0.05) is 0 Å². The van der Waals surface area contributed by atoms with E-state index >= 15 is 0 Å². The van der Waals surface area contributed by atoms with Crippen molar-refractivity contribution < 1.29 is 25.7 Å². The maximum Gasteiger partial charge on any atom is -0.0623 e. The molecule has 0 aliphatic heterocycles. The average molecular weight is 278 g/mol. The van der Waals surface area contributed by atoms with Gasteiger partial charge in [0.15, 0.2) is 0 Å². The summed E-state index contributed by atoms with van der Waals surface area (Å²) in [6, 6.07) is 12.0. The van der Waals surface area contributed by atoms with Gasteiger partial charge in [0.1, 0.15) is 0 Å². The molecule has 3 atom stereocenters. The van der Waals surface area contributed by atoms with Crippen molar-refractivity contribution in [3.63, 3.8) is 0 Å². The molecule has 18 heavy (non-hydrogen) atoms. The molecule has 0 radical (unpaired) electrons. The molecule has 3 heteroatoms. The zero-order chi connectivity index (χ0) is 13.2. The molecular formula is C15H18O2Ti. The van der Waals surface area contributed by atoms with E-state index in [9.17, 15) is 0 Å². The van der Waals surface area contributed by atoms with Crippen LogP contribution in [0.2, 0.25) is 0 Å². The predicted molar refractivity (Wildman–Crippen MR) is 66.9 cm³/mol. The van der Waals surface area contributed by atoms with E-state index in [1.54, 1.807) is 0 Å². The summed E-state index contributed by atoms with van der Waals surface area (Å²) in [5.74, 6) is 2.56. The molecule has 1 fully saturated rings. The van der Waals surface area contributed by atoms with E-state index < -0.39 is 19.1 Å². The van der Waals surface area contributed by atoms with E-state index in [0.29, 0.717) is 0 Å². The third-order valence-electron chi connectivity index (χ3n) is 3.30. The standard InChI is InChI=1S/C9H12.C6H6.2O.Ti/c1-2-8-5-7-3-4-9(8)6-7;1-2-4-6-5-3-1;;;/h2-4,7-9H,1,5-6H2;1-6H;;;. The summed E-state index contributed by atoms with van der Waals surface area (Å²) in [5.41, 5.74) is 0. The molecule has 0 amide bonds. The molecule has 2 nitrogen and oxygen atoms in total. The van der Waals surface area contributed by atoms with Gasteiger partial charge in [-0.05, 0) is 30.6 Å². The van der Waals surface area contributed by atoms with Crippen LogP contribution in [0.5, 0.6) is 0 Å². The van der Waals surface area contributed by atoms with E-state index in [2.05, 4.69) is 24.8 Å². The number of hydrogen-bond acceptors (Lipinski definition) is 2. The molecule has 1 aromatic rings. The van der Waals surface area contributed by atoms with Gasteiger partial charge in [-0.3, -0.25) is 0 Å². The van der Waals surface area contributed by atoms with Gasteiger partial charge >= 0.3 is 25.7 Å². The molecule has 2 bridgehead atoms. The van der Waals surface area contributed by atoms with Gasteiger partial charge in [-0.1, -0.05) is 54.6 Å². The maximum absolute atomic E-state index is 8.50. The molecular weight excluding hydrogens is 260 g/mol. The smallest absolute Gasteiger partial charge is 0.0623 e. The second-order valence-corrected chi connectivity index (χ2v) is 4.68. The van der Waals surface area contributed by atoms with E-state index in [1.807, 2.05) is 36.4 Å². The second-order valence-electron chi connectivity index (χ2n) is 4.42. The van der Waals surface area contributed by atoms with E-state index in [-0.39, 0.29) is 0 Å². The fraction of sp³-hybridized carbons (Fsp3) is 0.333. The Labute approximate surface area is 117 Å². The van der Waals surface area contributed by atoms with Gasteiger partial charge in [-0.25, -0.2) is 0 Å². The van der Waals surface area contributed by atoms with Gasteiger partial charge < -0.3 is 0 Å². The number of allylic oxidation sites excluding steroid dienone is 3. The van der Waals surface area contributed by atoms with Crippen LogP contribution in [0, 0.1) is 17.8 Å². The first-order valence-electron chi connectivity index (χ1n) is 6.12. The SMILES string of the molecule is C=CC1CC2C=CC1C2.[O]=[Ti]=[O].c1ccccc1. The monoisotopic (exact) mass is 278 g/mol. The molecule has 0 saturated heterocycles. The quantitative estimate of drug-likeness (QED) is 0.578. The fourth-order valence-electron chi connectivity index (χ4n) is 2.48. The summed E-state index contributed by atoms with van der Waals surface area (Å²) in [6.07, 6.45) is 9.61. The molecule has 2 aliphatic rings. The molecule has 0 spiro atoms. The normalized spacial score (nSPS) is 26.1. The predicted octanol–water partition coefficient (Wildman–Crippen LogP) is 3.83. The van der Waals surface area contributed by atoms with Gasteiger partial charge in [0.25, 0.3) is 0 Å². The Kier molecular flexibility index (Phi) is 7.55. The Morgan fingerprint density at radius 1 is 0.944 bits per heavy atom. The van der Waals surface area contributed by atoms with Crippen LogP contribution < -0.4 is 0 Å². The Bertz CT molecular complexity index is 381. The molecule has 0 heterocycles. The summed E-state index contributed by atoms with van der Waals surface area (Å²) >= 11 is -2.00. The van der Waals surface area contributed by atoms with Crippen LogP contribution in [0.1, 0.15) is 12.8 Å². The largest absolute Gasteiger partial charge is 0.0623 e. The van der Waals surface area contributed by atoms with Gasteiger partial charge in [-0.15, -0.1) is 6.58 Å². The van der Waals surface area contributed by atoms with Gasteiger partial charge in [0.05, 0.1) is 0 Å². The zero-order valence-electron chi connectivity index (χ0n) is 10.4. The first-order valence-corrected chi connectivity index (χ1v) is 7.39. The van der Waals surface area contributed by atoms with E-state index in [1.165, 1.54) is 12.8 Å². The van der Waals surface area contributed by atoms with Crippen LogP contribution >= 0.6 is 0 Å². The minimum Gasteiger partial charge on any atom is -0.0623 e. The maximum atomic E-state index is 8.50.